The van der Waals surface area contributed by atoms with Gasteiger partial charge in [0, 0.05) is 11.8 Å². The third-order valence-electron chi connectivity index (χ3n) is 2.60. The van der Waals surface area contributed by atoms with Crippen molar-refractivity contribution in [3.8, 4) is 17.0 Å². The van der Waals surface area contributed by atoms with Crippen molar-refractivity contribution in [2.24, 2.45) is 0 Å². The van der Waals surface area contributed by atoms with Crippen LogP contribution >= 0.6 is 0 Å². The standard InChI is InChI=1S/C14H9F4NO3/c1-21-13(20)9-6-11(15)12(19-7-9)8-3-2-4-10(5-8)22-14(16,17)18/h2-7H,1H3. The van der Waals surface area contributed by atoms with E-state index in [-0.39, 0.29) is 16.8 Å². The number of halogens is 4. The van der Waals surface area contributed by atoms with E-state index in [4.69, 9.17) is 0 Å². The fourth-order valence-electron chi connectivity index (χ4n) is 1.72. The first-order valence-electron chi connectivity index (χ1n) is 5.90. The van der Waals surface area contributed by atoms with E-state index in [1.54, 1.807) is 0 Å². The van der Waals surface area contributed by atoms with Gasteiger partial charge in [-0.2, -0.15) is 0 Å². The van der Waals surface area contributed by atoms with Crippen LogP contribution in [0.3, 0.4) is 0 Å². The Kier molecular flexibility index (Phi) is 4.30. The molecule has 0 saturated carbocycles. The van der Waals surface area contributed by atoms with Gasteiger partial charge in [0.05, 0.1) is 12.7 Å². The number of alkyl halides is 3. The topological polar surface area (TPSA) is 48.4 Å². The molecule has 0 bridgehead atoms. The lowest BCUT2D eigenvalue weighted by Gasteiger charge is -2.10. The minimum Gasteiger partial charge on any atom is -0.465 e. The minimum atomic E-state index is -4.85. The lowest BCUT2D eigenvalue weighted by Crippen LogP contribution is -2.17. The lowest BCUT2D eigenvalue weighted by molar-refractivity contribution is -0.274. The van der Waals surface area contributed by atoms with Gasteiger partial charge in [-0.15, -0.1) is 13.2 Å². The molecule has 0 fully saturated rings. The lowest BCUT2D eigenvalue weighted by atomic mass is 10.1. The highest BCUT2D eigenvalue weighted by atomic mass is 19.4. The van der Waals surface area contributed by atoms with Crippen molar-refractivity contribution in [1.82, 2.24) is 4.98 Å². The van der Waals surface area contributed by atoms with Gasteiger partial charge in [0.25, 0.3) is 0 Å². The summed E-state index contributed by atoms with van der Waals surface area (Å²) < 4.78 is 58.7. The Hall–Kier alpha value is -2.64. The summed E-state index contributed by atoms with van der Waals surface area (Å²) in [5.41, 5.74) is -0.234. The number of pyridine rings is 1. The maximum absolute atomic E-state index is 14.0. The van der Waals surface area contributed by atoms with Gasteiger partial charge in [0.15, 0.2) is 0 Å². The third kappa shape index (κ3) is 3.72. The Bertz CT molecular complexity index is 701. The molecule has 0 saturated heterocycles. The summed E-state index contributed by atoms with van der Waals surface area (Å²) in [5, 5.41) is 0. The van der Waals surface area contributed by atoms with Crippen molar-refractivity contribution < 1.29 is 31.8 Å². The predicted octanol–water partition coefficient (Wildman–Crippen LogP) is 3.57. The van der Waals surface area contributed by atoms with Crippen molar-refractivity contribution in [3.05, 3.63) is 47.9 Å². The van der Waals surface area contributed by atoms with Crippen LogP contribution in [-0.2, 0) is 4.74 Å². The zero-order valence-electron chi connectivity index (χ0n) is 11.1. The molecule has 0 unspecified atom stereocenters. The second kappa shape index (κ2) is 6.00. The predicted molar refractivity (Wildman–Crippen MR) is 67.7 cm³/mol. The van der Waals surface area contributed by atoms with Crippen LogP contribution in [0.1, 0.15) is 10.4 Å². The summed E-state index contributed by atoms with van der Waals surface area (Å²) in [6.07, 6.45) is -3.78. The fraction of sp³-hybridized carbons (Fsp3) is 0.143. The number of methoxy groups -OCH3 is 1. The summed E-state index contributed by atoms with van der Waals surface area (Å²) in [6, 6.07) is 5.61. The first-order valence-corrected chi connectivity index (χ1v) is 5.90. The summed E-state index contributed by atoms with van der Waals surface area (Å²) >= 11 is 0. The first-order chi connectivity index (χ1) is 10.3. The number of hydrogen-bond acceptors (Lipinski definition) is 4. The molecule has 8 heteroatoms. The van der Waals surface area contributed by atoms with E-state index in [1.165, 1.54) is 12.1 Å². The number of benzene rings is 1. The van der Waals surface area contributed by atoms with Gasteiger partial charge in [-0.25, -0.2) is 9.18 Å². The maximum Gasteiger partial charge on any atom is 0.573 e. The normalized spacial score (nSPS) is 11.1. The molecule has 2 aromatic rings. The van der Waals surface area contributed by atoms with Crippen molar-refractivity contribution >= 4 is 5.97 Å². The van der Waals surface area contributed by atoms with Crippen LogP contribution in [-0.4, -0.2) is 24.4 Å². The monoisotopic (exact) mass is 315 g/mol. The molecule has 0 N–H and O–H groups in total. The van der Waals surface area contributed by atoms with Crippen LogP contribution in [0.2, 0.25) is 0 Å². The van der Waals surface area contributed by atoms with Gasteiger partial charge in [-0.05, 0) is 18.2 Å². The zero-order chi connectivity index (χ0) is 16.3. The van der Waals surface area contributed by atoms with E-state index < -0.39 is 23.9 Å². The highest BCUT2D eigenvalue weighted by molar-refractivity contribution is 5.89. The molecule has 0 amide bonds. The summed E-state index contributed by atoms with van der Waals surface area (Å²) in [5.74, 6) is -2.14. The van der Waals surface area contributed by atoms with E-state index in [1.807, 2.05) is 0 Å². The molecular formula is C14H9F4NO3. The van der Waals surface area contributed by atoms with Crippen LogP contribution in [0.4, 0.5) is 17.6 Å². The summed E-state index contributed by atoms with van der Waals surface area (Å²) in [4.78, 5) is 15.0. The maximum atomic E-state index is 14.0. The number of hydrogen-bond donors (Lipinski definition) is 0. The van der Waals surface area contributed by atoms with E-state index in [0.717, 1.165) is 31.5 Å². The van der Waals surface area contributed by atoms with Gasteiger partial charge in [0.2, 0.25) is 0 Å². The Labute approximate surface area is 122 Å². The molecule has 2 rings (SSSR count). The second-order valence-corrected chi connectivity index (χ2v) is 4.12. The number of esters is 1. The van der Waals surface area contributed by atoms with E-state index in [9.17, 15) is 22.4 Å². The second-order valence-electron chi connectivity index (χ2n) is 4.12. The minimum absolute atomic E-state index is 0.0793. The van der Waals surface area contributed by atoms with Gasteiger partial charge in [-0.3, -0.25) is 4.98 Å². The number of aromatic nitrogens is 1. The number of nitrogens with zero attached hydrogens (tertiary/aromatic N) is 1. The molecule has 22 heavy (non-hydrogen) atoms. The van der Waals surface area contributed by atoms with Crippen LogP contribution < -0.4 is 4.74 Å². The zero-order valence-corrected chi connectivity index (χ0v) is 11.1. The van der Waals surface area contributed by atoms with E-state index in [2.05, 4.69) is 14.5 Å². The number of carbonyl (C=O) groups excluding carboxylic acids is 1. The molecule has 1 heterocycles. The molecule has 1 aromatic heterocycles. The molecule has 0 aliphatic carbocycles. The average molecular weight is 315 g/mol. The van der Waals surface area contributed by atoms with Crippen LogP contribution in [0.15, 0.2) is 36.5 Å². The van der Waals surface area contributed by atoms with Crippen molar-refractivity contribution in [3.63, 3.8) is 0 Å². The van der Waals surface area contributed by atoms with Gasteiger partial charge >= 0.3 is 12.3 Å². The Balaban J connectivity index is 2.36. The van der Waals surface area contributed by atoms with Gasteiger partial charge in [0.1, 0.15) is 17.3 Å². The summed E-state index contributed by atoms with van der Waals surface area (Å²) in [6.45, 7) is 0. The largest absolute Gasteiger partial charge is 0.573 e. The van der Waals surface area contributed by atoms with E-state index >= 15 is 0 Å². The van der Waals surface area contributed by atoms with Crippen LogP contribution in [0.25, 0.3) is 11.3 Å². The molecule has 1 aromatic carbocycles. The number of ether oxygens (including phenoxy) is 2. The van der Waals surface area contributed by atoms with Gasteiger partial charge < -0.3 is 9.47 Å². The smallest absolute Gasteiger partial charge is 0.465 e. The third-order valence-corrected chi connectivity index (χ3v) is 2.60. The van der Waals surface area contributed by atoms with Crippen LogP contribution in [0, 0.1) is 5.82 Å². The van der Waals surface area contributed by atoms with Crippen molar-refractivity contribution in [2.75, 3.05) is 7.11 Å². The molecule has 0 atom stereocenters. The summed E-state index contributed by atoms with van der Waals surface area (Å²) in [7, 11) is 1.13. The average Bonchev–Trinajstić information content (AvgIpc) is 2.44. The van der Waals surface area contributed by atoms with E-state index in [0.29, 0.717) is 0 Å². The number of rotatable bonds is 3. The number of carbonyl (C=O) groups is 1. The first kappa shape index (κ1) is 15.7. The van der Waals surface area contributed by atoms with Gasteiger partial charge in [-0.1, -0.05) is 12.1 Å². The molecule has 4 nitrogen and oxygen atoms in total. The molecular weight excluding hydrogens is 306 g/mol. The Morgan fingerprint density at radius 1 is 1.23 bits per heavy atom. The Morgan fingerprint density at radius 3 is 2.55 bits per heavy atom. The van der Waals surface area contributed by atoms with Crippen LogP contribution in [0.5, 0.6) is 5.75 Å². The molecule has 0 spiro atoms. The Morgan fingerprint density at radius 2 is 1.95 bits per heavy atom. The fourth-order valence-corrected chi connectivity index (χ4v) is 1.72. The SMILES string of the molecule is COC(=O)c1cnc(-c2cccc(OC(F)(F)F)c2)c(F)c1. The quantitative estimate of drug-likeness (QED) is 0.642. The molecule has 0 radical (unpaired) electrons. The highest BCUT2D eigenvalue weighted by Crippen LogP contribution is 2.28. The molecule has 0 aliphatic heterocycles. The van der Waals surface area contributed by atoms with Crippen molar-refractivity contribution in [2.45, 2.75) is 6.36 Å². The highest BCUT2D eigenvalue weighted by Gasteiger charge is 2.31. The van der Waals surface area contributed by atoms with Crippen molar-refractivity contribution in [1.29, 1.82) is 0 Å². The molecule has 0 aliphatic rings. The molecule has 116 valence electrons.